The second-order valence-electron chi connectivity index (χ2n) is 7.82. The first kappa shape index (κ1) is 17.2. The van der Waals surface area contributed by atoms with Crippen LogP contribution in [0.2, 0.25) is 0 Å². The zero-order valence-corrected chi connectivity index (χ0v) is 16.3. The summed E-state index contributed by atoms with van der Waals surface area (Å²) in [5, 5.41) is 12.5. The fourth-order valence-corrected chi connectivity index (χ4v) is 4.55. The zero-order valence-electron chi connectivity index (χ0n) is 16.3. The number of fused-ring (bicyclic) bond motifs is 3. The summed E-state index contributed by atoms with van der Waals surface area (Å²) in [6.07, 6.45) is 3.31. The van der Waals surface area contributed by atoms with Gasteiger partial charge in [-0.2, -0.15) is 0 Å². The van der Waals surface area contributed by atoms with Crippen molar-refractivity contribution in [2.24, 2.45) is 0 Å². The van der Waals surface area contributed by atoms with Gasteiger partial charge < -0.3 is 18.4 Å². The summed E-state index contributed by atoms with van der Waals surface area (Å²) in [7, 11) is 0. The Hall–Kier alpha value is -2.90. The molecular formula is C20H23N5O3. The molecular weight excluding hydrogens is 358 g/mol. The van der Waals surface area contributed by atoms with E-state index in [1.165, 1.54) is 0 Å². The SMILES string of the molecule is Cc1noc(C)c1Cc1ccc(C(=O)N2C3CCC2Cn2c(C)nnc2C3)o1. The Morgan fingerprint density at radius 1 is 1.18 bits per heavy atom. The van der Waals surface area contributed by atoms with Gasteiger partial charge >= 0.3 is 0 Å². The fraction of sp³-hybridized carbons (Fsp3) is 0.500. The van der Waals surface area contributed by atoms with Crippen LogP contribution in [0.5, 0.6) is 0 Å². The van der Waals surface area contributed by atoms with Crippen LogP contribution < -0.4 is 0 Å². The molecule has 5 rings (SSSR count). The normalized spacial score (nSPS) is 21.0. The van der Waals surface area contributed by atoms with Crippen LogP contribution in [0.15, 0.2) is 21.1 Å². The van der Waals surface area contributed by atoms with E-state index in [4.69, 9.17) is 8.94 Å². The summed E-state index contributed by atoms with van der Waals surface area (Å²) in [6, 6.07) is 3.96. The highest BCUT2D eigenvalue weighted by molar-refractivity contribution is 5.92. The van der Waals surface area contributed by atoms with Crippen LogP contribution in [-0.2, 0) is 19.4 Å². The lowest BCUT2D eigenvalue weighted by molar-refractivity contribution is 0.0630. The smallest absolute Gasteiger partial charge is 0.290 e. The molecule has 2 bridgehead atoms. The van der Waals surface area contributed by atoms with Crippen molar-refractivity contribution in [2.45, 2.75) is 65.1 Å². The Kier molecular flexibility index (Phi) is 3.89. The molecule has 0 saturated carbocycles. The van der Waals surface area contributed by atoms with Gasteiger partial charge in [-0.1, -0.05) is 5.16 Å². The lowest BCUT2D eigenvalue weighted by atomic mass is 10.1. The third-order valence-electron chi connectivity index (χ3n) is 6.08. The van der Waals surface area contributed by atoms with E-state index >= 15 is 0 Å². The number of aromatic nitrogens is 4. The van der Waals surface area contributed by atoms with Crippen molar-refractivity contribution in [2.75, 3.05) is 0 Å². The van der Waals surface area contributed by atoms with Gasteiger partial charge in [0.1, 0.15) is 23.2 Å². The topological polar surface area (TPSA) is 90.2 Å². The van der Waals surface area contributed by atoms with Crippen molar-refractivity contribution in [3.8, 4) is 0 Å². The monoisotopic (exact) mass is 381 g/mol. The van der Waals surface area contributed by atoms with Crippen LogP contribution in [-0.4, -0.2) is 42.8 Å². The number of carbonyl (C=O) groups excluding carboxylic acids is 1. The predicted octanol–water partition coefficient (Wildman–Crippen LogP) is 2.60. The van der Waals surface area contributed by atoms with Crippen molar-refractivity contribution in [3.63, 3.8) is 0 Å². The first-order valence-corrected chi connectivity index (χ1v) is 9.73. The number of hydrogen-bond acceptors (Lipinski definition) is 6. The molecule has 0 aromatic carbocycles. The molecule has 2 atom stereocenters. The van der Waals surface area contributed by atoms with E-state index in [2.05, 4.69) is 19.9 Å². The molecule has 0 aliphatic carbocycles. The summed E-state index contributed by atoms with van der Waals surface area (Å²) in [5.41, 5.74) is 1.86. The Morgan fingerprint density at radius 2 is 2.00 bits per heavy atom. The second-order valence-corrected chi connectivity index (χ2v) is 7.82. The number of furan rings is 1. The summed E-state index contributed by atoms with van der Waals surface area (Å²) in [4.78, 5) is 15.3. The van der Waals surface area contributed by atoms with E-state index in [1.807, 2.05) is 31.7 Å². The van der Waals surface area contributed by atoms with Crippen LogP contribution in [0.25, 0.3) is 0 Å². The number of hydrogen-bond donors (Lipinski definition) is 0. The molecule has 2 aliphatic heterocycles. The summed E-state index contributed by atoms with van der Waals surface area (Å²) in [6.45, 7) is 6.52. The van der Waals surface area contributed by atoms with Gasteiger partial charge in [-0.15, -0.1) is 10.2 Å². The highest BCUT2D eigenvalue weighted by atomic mass is 16.5. The first-order valence-electron chi connectivity index (χ1n) is 9.73. The van der Waals surface area contributed by atoms with Crippen LogP contribution >= 0.6 is 0 Å². The lowest BCUT2D eigenvalue weighted by Crippen LogP contribution is -2.42. The lowest BCUT2D eigenvalue weighted by Gasteiger charge is -2.27. The third-order valence-corrected chi connectivity index (χ3v) is 6.08. The van der Waals surface area contributed by atoms with Crippen LogP contribution in [0.4, 0.5) is 0 Å². The Labute approximate surface area is 162 Å². The number of carbonyl (C=O) groups is 1. The number of nitrogens with zero attached hydrogens (tertiary/aromatic N) is 5. The first-order chi connectivity index (χ1) is 13.5. The van der Waals surface area contributed by atoms with E-state index < -0.39 is 0 Å². The molecule has 1 saturated heterocycles. The highest BCUT2D eigenvalue weighted by Gasteiger charge is 2.42. The van der Waals surface area contributed by atoms with Crippen molar-refractivity contribution in [1.29, 1.82) is 0 Å². The van der Waals surface area contributed by atoms with Crippen molar-refractivity contribution >= 4 is 5.91 Å². The van der Waals surface area contributed by atoms with Crippen LogP contribution in [0.3, 0.4) is 0 Å². The zero-order chi connectivity index (χ0) is 19.4. The molecule has 0 N–H and O–H groups in total. The summed E-state index contributed by atoms with van der Waals surface area (Å²) < 4.78 is 13.3. The molecule has 146 valence electrons. The molecule has 28 heavy (non-hydrogen) atoms. The minimum Gasteiger partial charge on any atom is -0.456 e. The Bertz CT molecular complexity index is 1030. The minimum absolute atomic E-state index is 0.0334. The summed E-state index contributed by atoms with van der Waals surface area (Å²) in [5.74, 6) is 3.77. The van der Waals surface area contributed by atoms with Crippen molar-refractivity contribution in [1.82, 2.24) is 24.8 Å². The van der Waals surface area contributed by atoms with E-state index in [-0.39, 0.29) is 18.0 Å². The number of amides is 1. The molecule has 1 fully saturated rings. The molecule has 0 spiro atoms. The molecule has 8 nitrogen and oxygen atoms in total. The molecule has 5 heterocycles. The van der Waals surface area contributed by atoms with Gasteiger partial charge in [0.25, 0.3) is 5.91 Å². The number of rotatable bonds is 3. The molecule has 0 radical (unpaired) electrons. The maximum Gasteiger partial charge on any atom is 0.290 e. The van der Waals surface area contributed by atoms with Crippen LogP contribution in [0, 0.1) is 20.8 Å². The highest BCUT2D eigenvalue weighted by Crippen LogP contribution is 2.33. The molecule has 3 aromatic rings. The summed E-state index contributed by atoms with van der Waals surface area (Å²) >= 11 is 0. The number of aryl methyl sites for hydroxylation is 3. The van der Waals surface area contributed by atoms with Gasteiger partial charge in [0, 0.05) is 31.0 Å². The van der Waals surface area contributed by atoms with Crippen molar-refractivity contribution in [3.05, 3.63) is 52.3 Å². The predicted molar refractivity (Wildman–Crippen MR) is 98.9 cm³/mol. The average Bonchev–Trinajstić information content (AvgIpc) is 3.40. The van der Waals surface area contributed by atoms with Gasteiger partial charge in [0.05, 0.1) is 11.7 Å². The van der Waals surface area contributed by atoms with Gasteiger partial charge in [0.2, 0.25) is 0 Å². The standard InChI is InChI=1S/C20H23N5O3/c1-11-17(12(2)28-23-11)9-16-6-7-18(27-16)20(26)25-14-4-5-15(25)10-24-13(3)21-22-19(24)8-14/h6-7,14-15H,4-5,8-10H2,1-3H3. The van der Waals surface area contributed by atoms with E-state index in [0.717, 1.165) is 60.2 Å². The second kappa shape index (κ2) is 6.32. The minimum atomic E-state index is -0.0334. The third kappa shape index (κ3) is 2.66. The molecule has 3 aromatic heterocycles. The Morgan fingerprint density at radius 3 is 2.79 bits per heavy atom. The molecule has 2 aliphatic rings. The Balaban J connectivity index is 1.38. The van der Waals surface area contributed by atoms with Crippen molar-refractivity contribution < 1.29 is 13.7 Å². The maximum atomic E-state index is 13.3. The maximum absolute atomic E-state index is 13.3. The van der Waals surface area contributed by atoms with Crippen LogP contribution in [0.1, 0.15) is 57.8 Å². The van der Waals surface area contributed by atoms with Gasteiger partial charge in [-0.3, -0.25) is 4.79 Å². The van der Waals surface area contributed by atoms with E-state index in [0.29, 0.717) is 12.2 Å². The fourth-order valence-electron chi connectivity index (χ4n) is 4.55. The average molecular weight is 381 g/mol. The molecule has 2 unspecified atom stereocenters. The van der Waals surface area contributed by atoms with E-state index in [1.54, 1.807) is 6.07 Å². The van der Waals surface area contributed by atoms with Gasteiger partial charge in [-0.05, 0) is 45.7 Å². The molecule has 8 heteroatoms. The quantitative estimate of drug-likeness (QED) is 0.693. The van der Waals surface area contributed by atoms with Gasteiger partial charge in [0.15, 0.2) is 5.76 Å². The van der Waals surface area contributed by atoms with Gasteiger partial charge in [-0.25, -0.2) is 0 Å². The largest absolute Gasteiger partial charge is 0.456 e. The van der Waals surface area contributed by atoms with E-state index in [9.17, 15) is 4.79 Å². The molecule has 1 amide bonds.